The van der Waals surface area contributed by atoms with Crippen LogP contribution in [0.25, 0.3) is 0 Å². The topological polar surface area (TPSA) is 30.5 Å². The summed E-state index contributed by atoms with van der Waals surface area (Å²) >= 11 is 6.92. The highest BCUT2D eigenvalue weighted by Crippen LogP contribution is 2.34. The molecule has 0 radical (unpaired) electrons. The molecule has 0 aromatic heterocycles. The summed E-state index contributed by atoms with van der Waals surface area (Å²) < 4.78 is 12.3. The van der Waals surface area contributed by atoms with Crippen LogP contribution in [0.1, 0.15) is 6.92 Å². The minimum absolute atomic E-state index is 0.168. The van der Waals surface area contributed by atoms with Crippen LogP contribution in [0.4, 0.5) is 5.69 Å². The fraction of sp³-hybridized carbons (Fsp3) is 0.455. The number of halogens is 2. The van der Waals surface area contributed by atoms with Crippen LogP contribution in [0.2, 0.25) is 0 Å². The minimum Gasteiger partial charge on any atom is -0.495 e. The Balaban J connectivity index is 2.79. The standard InChI is InChI=1S/C11H15Br2NO2/c1-7(15-2)6-14-10-5-11(16-3)9(13)4-8(10)12/h4-5,7,14H,6H2,1-3H3. The van der Waals surface area contributed by atoms with Gasteiger partial charge in [-0.15, -0.1) is 0 Å². The number of nitrogens with one attached hydrogen (secondary N) is 1. The predicted molar refractivity (Wildman–Crippen MR) is 73.4 cm³/mol. The normalized spacial score (nSPS) is 12.3. The first-order valence-corrected chi connectivity index (χ1v) is 6.46. The summed E-state index contributed by atoms with van der Waals surface area (Å²) in [7, 11) is 3.35. The van der Waals surface area contributed by atoms with Crippen molar-refractivity contribution in [1.82, 2.24) is 0 Å². The van der Waals surface area contributed by atoms with E-state index in [9.17, 15) is 0 Å². The van der Waals surface area contributed by atoms with Gasteiger partial charge in [0.05, 0.1) is 23.4 Å². The molecule has 0 saturated carbocycles. The highest BCUT2D eigenvalue weighted by atomic mass is 79.9. The first-order valence-electron chi connectivity index (χ1n) is 4.88. The van der Waals surface area contributed by atoms with Crippen LogP contribution in [0, 0.1) is 0 Å². The van der Waals surface area contributed by atoms with E-state index in [1.807, 2.05) is 19.1 Å². The molecule has 1 atom stereocenters. The third kappa shape index (κ3) is 3.64. The Labute approximate surface area is 113 Å². The fourth-order valence-electron chi connectivity index (χ4n) is 1.16. The number of methoxy groups -OCH3 is 2. The molecule has 0 bridgehead atoms. The SMILES string of the molecule is COc1cc(NCC(C)OC)c(Br)cc1Br. The van der Waals surface area contributed by atoms with Gasteiger partial charge >= 0.3 is 0 Å². The van der Waals surface area contributed by atoms with Crippen LogP contribution in [0.3, 0.4) is 0 Å². The highest BCUT2D eigenvalue weighted by molar-refractivity contribution is 9.11. The molecule has 1 N–H and O–H groups in total. The average molecular weight is 353 g/mol. The molecule has 1 unspecified atom stereocenters. The Morgan fingerprint density at radius 1 is 1.25 bits per heavy atom. The summed E-state index contributed by atoms with van der Waals surface area (Å²) in [6, 6.07) is 3.90. The molecule has 3 nitrogen and oxygen atoms in total. The van der Waals surface area contributed by atoms with Gasteiger partial charge in [-0.25, -0.2) is 0 Å². The lowest BCUT2D eigenvalue weighted by atomic mass is 10.3. The van der Waals surface area contributed by atoms with Gasteiger partial charge in [0.1, 0.15) is 5.75 Å². The van der Waals surface area contributed by atoms with E-state index in [0.717, 1.165) is 26.9 Å². The largest absolute Gasteiger partial charge is 0.495 e. The summed E-state index contributed by atoms with van der Waals surface area (Å²) in [4.78, 5) is 0. The first kappa shape index (κ1) is 13.8. The van der Waals surface area contributed by atoms with E-state index in [4.69, 9.17) is 9.47 Å². The molecule has 0 aliphatic carbocycles. The van der Waals surface area contributed by atoms with Crippen molar-refractivity contribution in [3.63, 3.8) is 0 Å². The number of ether oxygens (including phenoxy) is 2. The van der Waals surface area contributed by atoms with Crippen molar-refractivity contribution in [2.75, 3.05) is 26.1 Å². The van der Waals surface area contributed by atoms with Crippen molar-refractivity contribution in [3.05, 3.63) is 21.1 Å². The van der Waals surface area contributed by atoms with Gasteiger partial charge in [-0.3, -0.25) is 0 Å². The Kier molecular flexibility index (Phi) is 5.58. The fourth-order valence-corrected chi connectivity index (χ4v) is 2.45. The van der Waals surface area contributed by atoms with Gasteiger partial charge in [0.15, 0.2) is 0 Å². The number of rotatable bonds is 5. The quantitative estimate of drug-likeness (QED) is 0.877. The van der Waals surface area contributed by atoms with E-state index in [2.05, 4.69) is 37.2 Å². The molecular weight excluding hydrogens is 338 g/mol. The second-order valence-corrected chi connectivity index (χ2v) is 5.10. The Hall–Kier alpha value is -0.260. The van der Waals surface area contributed by atoms with Crippen molar-refractivity contribution in [2.45, 2.75) is 13.0 Å². The molecule has 1 rings (SSSR count). The van der Waals surface area contributed by atoms with Crippen LogP contribution >= 0.6 is 31.9 Å². The summed E-state index contributed by atoms with van der Waals surface area (Å²) in [5.74, 6) is 0.802. The van der Waals surface area contributed by atoms with E-state index in [1.165, 1.54) is 0 Å². The smallest absolute Gasteiger partial charge is 0.135 e. The van der Waals surface area contributed by atoms with Crippen molar-refractivity contribution in [2.24, 2.45) is 0 Å². The summed E-state index contributed by atoms with van der Waals surface area (Å²) in [5.41, 5.74) is 0.990. The van der Waals surface area contributed by atoms with Gasteiger partial charge in [-0.05, 0) is 44.8 Å². The van der Waals surface area contributed by atoms with Crippen molar-refractivity contribution in [1.29, 1.82) is 0 Å². The predicted octanol–water partition coefficient (Wildman–Crippen LogP) is 3.67. The molecule has 90 valence electrons. The van der Waals surface area contributed by atoms with Crippen molar-refractivity contribution >= 4 is 37.5 Å². The van der Waals surface area contributed by atoms with Gasteiger partial charge in [0.25, 0.3) is 0 Å². The molecule has 0 spiro atoms. The molecule has 16 heavy (non-hydrogen) atoms. The Morgan fingerprint density at radius 2 is 1.94 bits per heavy atom. The third-order valence-corrected chi connectivity index (χ3v) is 3.50. The molecule has 1 aromatic carbocycles. The number of hydrogen-bond acceptors (Lipinski definition) is 3. The van der Waals surface area contributed by atoms with Crippen LogP contribution < -0.4 is 10.1 Å². The van der Waals surface area contributed by atoms with Crippen molar-refractivity contribution in [3.8, 4) is 5.75 Å². The Bertz CT molecular complexity index is 358. The van der Waals surface area contributed by atoms with Gasteiger partial charge < -0.3 is 14.8 Å². The Morgan fingerprint density at radius 3 is 2.50 bits per heavy atom. The van der Waals surface area contributed by atoms with Gasteiger partial charge in [0, 0.05) is 24.2 Å². The van der Waals surface area contributed by atoms with Crippen LogP contribution in [0.15, 0.2) is 21.1 Å². The summed E-state index contributed by atoms with van der Waals surface area (Å²) in [5, 5.41) is 3.29. The van der Waals surface area contributed by atoms with E-state index >= 15 is 0 Å². The maximum atomic E-state index is 5.23. The van der Waals surface area contributed by atoms with Gasteiger partial charge in [-0.2, -0.15) is 0 Å². The molecule has 1 aromatic rings. The van der Waals surface area contributed by atoms with E-state index in [-0.39, 0.29) is 6.10 Å². The molecule has 5 heteroatoms. The molecule has 0 fully saturated rings. The lowest BCUT2D eigenvalue weighted by Crippen LogP contribution is -2.18. The van der Waals surface area contributed by atoms with E-state index in [1.54, 1.807) is 14.2 Å². The highest BCUT2D eigenvalue weighted by Gasteiger charge is 2.07. The average Bonchev–Trinajstić information content (AvgIpc) is 2.27. The molecular formula is C11H15Br2NO2. The lowest BCUT2D eigenvalue weighted by molar-refractivity contribution is 0.129. The van der Waals surface area contributed by atoms with E-state index in [0.29, 0.717) is 0 Å². The van der Waals surface area contributed by atoms with Crippen LogP contribution in [0.5, 0.6) is 5.75 Å². The monoisotopic (exact) mass is 351 g/mol. The summed E-state index contributed by atoms with van der Waals surface area (Å²) in [6.07, 6.45) is 0.168. The zero-order valence-corrected chi connectivity index (χ0v) is 12.7. The van der Waals surface area contributed by atoms with Crippen LogP contribution in [-0.4, -0.2) is 26.9 Å². The lowest BCUT2D eigenvalue weighted by Gasteiger charge is -2.14. The molecule has 0 saturated heterocycles. The zero-order valence-electron chi connectivity index (χ0n) is 9.51. The molecule has 0 heterocycles. The molecule has 0 aliphatic rings. The van der Waals surface area contributed by atoms with Crippen LogP contribution in [-0.2, 0) is 4.74 Å². The maximum Gasteiger partial charge on any atom is 0.135 e. The third-order valence-electron chi connectivity index (χ3n) is 2.22. The number of anilines is 1. The van der Waals surface area contributed by atoms with Crippen molar-refractivity contribution < 1.29 is 9.47 Å². The number of benzene rings is 1. The maximum absolute atomic E-state index is 5.23. The number of hydrogen-bond donors (Lipinski definition) is 1. The molecule has 0 amide bonds. The first-order chi connectivity index (χ1) is 7.58. The molecule has 0 aliphatic heterocycles. The summed E-state index contributed by atoms with van der Waals surface area (Å²) in [6.45, 7) is 2.76. The van der Waals surface area contributed by atoms with Gasteiger partial charge in [0.2, 0.25) is 0 Å². The zero-order chi connectivity index (χ0) is 12.1. The minimum atomic E-state index is 0.168. The second-order valence-electron chi connectivity index (χ2n) is 3.39. The van der Waals surface area contributed by atoms with E-state index < -0.39 is 0 Å². The second kappa shape index (κ2) is 6.47. The van der Waals surface area contributed by atoms with Gasteiger partial charge in [-0.1, -0.05) is 0 Å².